The maximum Gasteiger partial charge on any atom is 0.454 e. The number of benzene rings is 1. The first kappa shape index (κ1) is 15.7. The summed E-state index contributed by atoms with van der Waals surface area (Å²) in [6.45, 7) is 2.71. The van der Waals surface area contributed by atoms with Crippen molar-refractivity contribution in [2.24, 2.45) is 0 Å². The lowest BCUT2D eigenvalue weighted by Crippen LogP contribution is -2.30. The first-order valence-electron chi connectivity index (χ1n) is 5.72. The Bertz CT molecular complexity index is 445. The van der Waals surface area contributed by atoms with E-state index >= 15 is 0 Å². The maximum absolute atomic E-state index is 12.5. The molecule has 0 spiro atoms. The molecule has 0 aromatic heterocycles. The van der Waals surface area contributed by atoms with Crippen LogP contribution in [0.15, 0.2) is 24.3 Å². The molecule has 0 aliphatic rings. The van der Waals surface area contributed by atoms with E-state index in [0.29, 0.717) is 0 Å². The standard InChI is InChI=1S/C13H15F3O3/c1-7(17)11(8(2)18)9-5-3-4-6-10(9)12(19)13(14,15)16/h3-8,11,17-18H,1-2H3. The number of halogens is 3. The minimum atomic E-state index is -4.99. The third-order valence-electron chi connectivity index (χ3n) is 2.86. The van der Waals surface area contributed by atoms with E-state index < -0.39 is 35.6 Å². The predicted octanol–water partition coefficient (Wildman–Crippen LogP) is 2.28. The fraction of sp³-hybridized carbons (Fsp3) is 0.462. The Morgan fingerprint density at radius 1 is 1.11 bits per heavy atom. The number of ketones is 1. The fourth-order valence-corrected chi connectivity index (χ4v) is 2.07. The molecule has 1 aromatic rings. The molecule has 0 aliphatic carbocycles. The van der Waals surface area contributed by atoms with Crippen molar-refractivity contribution in [3.05, 3.63) is 35.4 Å². The van der Waals surface area contributed by atoms with Crippen LogP contribution in [0.25, 0.3) is 0 Å². The van der Waals surface area contributed by atoms with Crippen LogP contribution in [0.4, 0.5) is 13.2 Å². The quantitative estimate of drug-likeness (QED) is 0.829. The third kappa shape index (κ3) is 3.54. The molecule has 0 aliphatic heterocycles. The largest absolute Gasteiger partial charge is 0.454 e. The van der Waals surface area contributed by atoms with Gasteiger partial charge in [0.05, 0.1) is 12.2 Å². The highest BCUT2D eigenvalue weighted by Crippen LogP contribution is 2.31. The topological polar surface area (TPSA) is 57.5 Å². The third-order valence-corrected chi connectivity index (χ3v) is 2.86. The summed E-state index contributed by atoms with van der Waals surface area (Å²) in [6, 6.07) is 5.12. The Morgan fingerprint density at radius 2 is 1.58 bits per heavy atom. The van der Waals surface area contributed by atoms with Crippen molar-refractivity contribution in [2.75, 3.05) is 0 Å². The Morgan fingerprint density at radius 3 is 2.00 bits per heavy atom. The molecular weight excluding hydrogens is 261 g/mol. The van der Waals surface area contributed by atoms with Gasteiger partial charge in [-0.15, -0.1) is 0 Å². The zero-order valence-corrected chi connectivity index (χ0v) is 10.5. The molecule has 2 atom stereocenters. The summed E-state index contributed by atoms with van der Waals surface area (Å²) in [4.78, 5) is 11.3. The molecule has 0 heterocycles. The molecular formula is C13H15F3O3. The summed E-state index contributed by atoms with van der Waals surface area (Å²) in [5.41, 5.74) is -0.545. The van der Waals surface area contributed by atoms with E-state index in [1.165, 1.54) is 32.0 Å². The number of hydrogen-bond donors (Lipinski definition) is 2. The molecule has 1 rings (SSSR count). The average molecular weight is 276 g/mol. The second-order valence-corrected chi connectivity index (χ2v) is 4.42. The summed E-state index contributed by atoms with van der Waals surface area (Å²) in [7, 11) is 0. The monoisotopic (exact) mass is 276 g/mol. The van der Waals surface area contributed by atoms with Gasteiger partial charge in [-0.3, -0.25) is 4.79 Å². The van der Waals surface area contributed by atoms with E-state index in [2.05, 4.69) is 0 Å². The SMILES string of the molecule is CC(O)C(c1ccccc1C(=O)C(F)(F)F)C(C)O. The first-order valence-corrected chi connectivity index (χ1v) is 5.72. The van der Waals surface area contributed by atoms with Crippen LogP contribution in [0.2, 0.25) is 0 Å². The Hall–Kier alpha value is -1.40. The van der Waals surface area contributed by atoms with Gasteiger partial charge in [0.15, 0.2) is 0 Å². The van der Waals surface area contributed by atoms with Crippen molar-refractivity contribution in [1.82, 2.24) is 0 Å². The lowest BCUT2D eigenvalue weighted by Gasteiger charge is -2.25. The number of rotatable bonds is 4. The maximum atomic E-state index is 12.5. The predicted molar refractivity (Wildman–Crippen MR) is 62.9 cm³/mol. The van der Waals surface area contributed by atoms with Crippen LogP contribution in [-0.2, 0) is 0 Å². The lowest BCUT2D eigenvalue weighted by atomic mass is 9.85. The van der Waals surface area contributed by atoms with Crippen LogP contribution in [-0.4, -0.2) is 34.4 Å². The smallest absolute Gasteiger partial charge is 0.393 e. The number of carbonyl (C=O) groups is 1. The van der Waals surface area contributed by atoms with Crippen molar-refractivity contribution >= 4 is 5.78 Å². The molecule has 0 saturated heterocycles. The average Bonchev–Trinajstić information content (AvgIpc) is 2.26. The number of Topliss-reactive ketones (excluding diaryl/α,β-unsaturated/α-hetero) is 1. The van der Waals surface area contributed by atoms with Gasteiger partial charge in [0.1, 0.15) is 0 Å². The van der Waals surface area contributed by atoms with Crippen LogP contribution in [0.3, 0.4) is 0 Å². The molecule has 0 amide bonds. The molecule has 1 aromatic carbocycles. The number of carbonyl (C=O) groups excluding carboxylic acids is 1. The van der Waals surface area contributed by atoms with Crippen LogP contribution in [0.1, 0.15) is 35.7 Å². The highest BCUT2D eigenvalue weighted by atomic mass is 19.4. The molecule has 0 saturated carbocycles. The van der Waals surface area contributed by atoms with Crippen molar-refractivity contribution in [2.45, 2.75) is 38.1 Å². The Balaban J connectivity index is 3.33. The highest BCUT2D eigenvalue weighted by Gasteiger charge is 2.41. The lowest BCUT2D eigenvalue weighted by molar-refractivity contribution is -0.0886. The zero-order chi connectivity index (χ0) is 14.8. The molecule has 0 fully saturated rings. The molecule has 106 valence electrons. The molecule has 6 heteroatoms. The van der Waals surface area contributed by atoms with Crippen molar-refractivity contribution < 1.29 is 28.2 Å². The summed E-state index contributed by atoms with van der Waals surface area (Å²) in [5.74, 6) is -2.93. The van der Waals surface area contributed by atoms with Gasteiger partial charge in [-0.05, 0) is 19.4 Å². The minimum absolute atomic E-state index is 0.00479. The molecule has 3 nitrogen and oxygen atoms in total. The Labute approximate surface area is 108 Å². The summed E-state index contributed by atoms with van der Waals surface area (Å²) in [6.07, 6.45) is -7.15. The van der Waals surface area contributed by atoms with Gasteiger partial charge in [-0.1, -0.05) is 24.3 Å². The van der Waals surface area contributed by atoms with Gasteiger partial charge in [0, 0.05) is 11.5 Å². The van der Waals surface area contributed by atoms with Crippen LogP contribution in [0, 0.1) is 0 Å². The van der Waals surface area contributed by atoms with Gasteiger partial charge in [0.25, 0.3) is 5.78 Å². The number of aliphatic hydroxyl groups is 2. The number of aliphatic hydroxyl groups excluding tert-OH is 2. The molecule has 2 unspecified atom stereocenters. The summed E-state index contributed by atoms with van der Waals surface area (Å²) < 4.78 is 37.5. The number of hydrogen-bond acceptors (Lipinski definition) is 3. The molecule has 19 heavy (non-hydrogen) atoms. The van der Waals surface area contributed by atoms with E-state index in [9.17, 15) is 28.2 Å². The van der Waals surface area contributed by atoms with Gasteiger partial charge in [0.2, 0.25) is 0 Å². The van der Waals surface area contributed by atoms with Crippen molar-refractivity contribution in [3.8, 4) is 0 Å². The normalized spacial score (nSPS) is 16.8. The van der Waals surface area contributed by atoms with E-state index in [4.69, 9.17) is 0 Å². The Kier molecular flexibility index (Phi) is 4.70. The molecule has 2 N–H and O–H groups in total. The summed E-state index contributed by atoms with van der Waals surface area (Å²) in [5, 5.41) is 19.2. The summed E-state index contributed by atoms with van der Waals surface area (Å²) >= 11 is 0. The second kappa shape index (κ2) is 5.71. The number of alkyl halides is 3. The van der Waals surface area contributed by atoms with Gasteiger partial charge < -0.3 is 10.2 Å². The van der Waals surface area contributed by atoms with Crippen LogP contribution < -0.4 is 0 Å². The first-order chi connectivity index (χ1) is 8.66. The second-order valence-electron chi connectivity index (χ2n) is 4.42. The van der Waals surface area contributed by atoms with E-state index in [-0.39, 0.29) is 5.56 Å². The zero-order valence-electron chi connectivity index (χ0n) is 10.5. The van der Waals surface area contributed by atoms with Crippen molar-refractivity contribution in [3.63, 3.8) is 0 Å². The van der Waals surface area contributed by atoms with Crippen molar-refractivity contribution in [1.29, 1.82) is 0 Å². The van der Waals surface area contributed by atoms with Gasteiger partial charge >= 0.3 is 6.18 Å². The fourth-order valence-electron chi connectivity index (χ4n) is 2.07. The van der Waals surface area contributed by atoms with E-state index in [1.807, 2.05) is 0 Å². The van der Waals surface area contributed by atoms with Gasteiger partial charge in [-0.2, -0.15) is 13.2 Å². The molecule has 0 bridgehead atoms. The minimum Gasteiger partial charge on any atom is -0.393 e. The van der Waals surface area contributed by atoms with Gasteiger partial charge in [-0.25, -0.2) is 0 Å². The van der Waals surface area contributed by atoms with E-state index in [1.54, 1.807) is 0 Å². The van der Waals surface area contributed by atoms with Crippen LogP contribution in [0.5, 0.6) is 0 Å². The molecule has 0 radical (unpaired) electrons. The van der Waals surface area contributed by atoms with E-state index in [0.717, 1.165) is 6.07 Å². The van der Waals surface area contributed by atoms with Crippen LogP contribution >= 0.6 is 0 Å². The highest BCUT2D eigenvalue weighted by molar-refractivity contribution is 6.01.